The lowest BCUT2D eigenvalue weighted by Gasteiger charge is -2.53. The van der Waals surface area contributed by atoms with Gasteiger partial charge in [0.2, 0.25) is 10.0 Å². The van der Waals surface area contributed by atoms with Gasteiger partial charge in [-0.25, -0.2) is 13.1 Å². The van der Waals surface area contributed by atoms with Gasteiger partial charge in [-0.2, -0.15) is 0 Å². The van der Waals surface area contributed by atoms with Crippen LogP contribution in [0.1, 0.15) is 36.2 Å². The van der Waals surface area contributed by atoms with Crippen LogP contribution in [-0.4, -0.2) is 43.3 Å². The van der Waals surface area contributed by atoms with Crippen molar-refractivity contribution in [3.63, 3.8) is 0 Å². The molecule has 1 N–H and O–H groups in total. The minimum absolute atomic E-state index is 0.0389. The fraction of sp³-hybridized carbons (Fsp3) is 0.400. The molecule has 1 spiro atoms. The van der Waals surface area contributed by atoms with Crippen LogP contribution in [0.2, 0.25) is 0 Å². The second-order valence-electron chi connectivity index (χ2n) is 7.40. The number of sulfonamides is 1. The lowest BCUT2D eigenvalue weighted by molar-refractivity contribution is 0.00489. The molecule has 1 unspecified atom stereocenters. The van der Waals surface area contributed by atoms with Crippen molar-refractivity contribution < 1.29 is 13.2 Å². The zero-order valence-corrected chi connectivity index (χ0v) is 15.9. The van der Waals surface area contributed by atoms with Gasteiger partial charge in [-0.3, -0.25) is 9.78 Å². The fourth-order valence-corrected chi connectivity index (χ4v) is 5.53. The third-order valence-corrected chi connectivity index (χ3v) is 7.44. The van der Waals surface area contributed by atoms with Gasteiger partial charge in [-0.05, 0) is 55.4 Å². The molecule has 27 heavy (non-hydrogen) atoms. The second kappa shape index (κ2) is 7.05. The van der Waals surface area contributed by atoms with Gasteiger partial charge < -0.3 is 4.90 Å². The summed E-state index contributed by atoms with van der Waals surface area (Å²) in [7, 11) is -3.51. The van der Waals surface area contributed by atoms with Gasteiger partial charge in [-0.15, -0.1) is 0 Å². The summed E-state index contributed by atoms with van der Waals surface area (Å²) < 4.78 is 28.2. The molecular weight excluding hydrogens is 362 g/mol. The molecule has 1 aromatic carbocycles. The molecule has 2 heterocycles. The summed E-state index contributed by atoms with van der Waals surface area (Å²) in [5.41, 5.74) is 0.423. The first-order valence-corrected chi connectivity index (χ1v) is 10.8. The Hall–Kier alpha value is -2.25. The molecule has 7 heteroatoms. The van der Waals surface area contributed by atoms with E-state index in [0.29, 0.717) is 23.7 Å². The predicted molar refractivity (Wildman–Crippen MR) is 102 cm³/mol. The third kappa shape index (κ3) is 3.49. The van der Waals surface area contributed by atoms with Crippen LogP contribution < -0.4 is 4.72 Å². The molecule has 0 radical (unpaired) electrons. The molecule has 6 nitrogen and oxygen atoms in total. The number of hydrogen-bond acceptors (Lipinski definition) is 4. The maximum atomic E-state index is 12.6. The number of nitrogens with one attached hydrogen (secondary N) is 1. The zero-order valence-electron chi connectivity index (χ0n) is 15.0. The van der Waals surface area contributed by atoms with Crippen molar-refractivity contribution in [2.24, 2.45) is 5.41 Å². The average Bonchev–Trinajstić information content (AvgIpc) is 2.72. The Morgan fingerprint density at radius 1 is 1.04 bits per heavy atom. The molecule has 1 saturated carbocycles. The van der Waals surface area contributed by atoms with Crippen LogP contribution in [0.3, 0.4) is 0 Å². The predicted octanol–water partition coefficient (Wildman–Crippen LogP) is 2.44. The molecule has 2 aliphatic rings. The van der Waals surface area contributed by atoms with Crippen LogP contribution in [0.25, 0.3) is 0 Å². The first-order chi connectivity index (χ1) is 13.0. The standard InChI is InChI=1S/C20H23N3O3S/c24-19(17-8-4-5-13-21-17)23-14-11-20(12-15-23)10-9-18(20)22-27(25,26)16-6-2-1-3-7-16/h1-8,13,18,22H,9-12,14-15H2. The molecule has 1 aromatic heterocycles. The van der Waals surface area contributed by atoms with E-state index >= 15 is 0 Å². The number of piperidine rings is 1. The van der Waals surface area contributed by atoms with Crippen molar-refractivity contribution in [3.05, 3.63) is 60.4 Å². The highest BCUT2D eigenvalue weighted by Crippen LogP contribution is 2.49. The molecule has 1 amide bonds. The molecule has 142 valence electrons. The summed E-state index contributed by atoms with van der Waals surface area (Å²) >= 11 is 0. The molecular formula is C20H23N3O3S. The SMILES string of the molecule is O=C(c1ccccn1)N1CCC2(CCC2NS(=O)(=O)c2ccccc2)CC1. The Labute approximate surface area is 159 Å². The average molecular weight is 385 g/mol. The number of hydrogen-bond donors (Lipinski definition) is 1. The van der Waals surface area contributed by atoms with E-state index in [9.17, 15) is 13.2 Å². The van der Waals surface area contributed by atoms with E-state index in [4.69, 9.17) is 0 Å². The van der Waals surface area contributed by atoms with E-state index in [2.05, 4.69) is 9.71 Å². The highest BCUT2D eigenvalue weighted by Gasteiger charge is 2.50. The van der Waals surface area contributed by atoms with E-state index in [1.54, 1.807) is 48.7 Å². The van der Waals surface area contributed by atoms with E-state index in [1.807, 2.05) is 11.0 Å². The van der Waals surface area contributed by atoms with E-state index < -0.39 is 10.0 Å². The number of benzene rings is 1. The molecule has 1 saturated heterocycles. The third-order valence-electron chi connectivity index (χ3n) is 5.95. The maximum absolute atomic E-state index is 12.6. The molecule has 1 aliphatic carbocycles. The second-order valence-corrected chi connectivity index (χ2v) is 9.11. The Bertz CT molecular complexity index is 908. The van der Waals surface area contributed by atoms with Crippen LogP contribution in [0.4, 0.5) is 0 Å². The number of nitrogens with zero attached hydrogens (tertiary/aromatic N) is 2. The van der Waals surface area contributed by atoms with Gasteiger partial charge >= 0.3 is 0 Å². The van der Waals surface area contributed by atoms with Crippen LogP contribution >= 0.6 is 0 Å². The molecule has 2 fully saturated rings. The highest BCUT2D eigenvalue weighted by molar-refractivity contribution is 7.89. The Balaban J connectivity index is 1.41. The number of carbonyl (C=O) groups is 1. The molecule has 2 aromatic rings. The maximum Gasteiger partial charge on any atom is 0.272 e. The van der Waals surface area contributed by atoms with Gasteiger partial charge in [0.15, 0.2) is 0 Å². The Morgan fingerprint density at radius 2 is 1.74 bits per heavy atom. The largest absolute Gasteiger partial charge is 0.337 e. The lowest BCUT2D eigenvalue weighted by Crippen LogP contribution is -2.59. The topological polar surface area (TPSA) is 79.4 Å². The van der Waals surface area contributed by atoms with Crippen LogP contribution in [-0.2, 0) is 10.0 Å². The number of rotatable bonds is 4. The highest BCUT2D eigenvalue weighted by atomic mass is 32.2. The van der Waals surface area contributed by atoms with Crippen molar-refractivity contribution in [3.8, 4) is 0 Å². The summed E-state index contributed by atoms with van der Waals surface area (Å²) in [6, 6.07) is 13.8. The Morgan fingerprint density at radius 3 is 2.33 bits per heavy atom. The summed E-state index contributed by atoms with van der Waals surface area (Å²) in [4.78, 5) is 18.8. The lowest BCUT2D eigenvalue weighted by atomic mass is 9.59. The van der Waals surface area contributed by atoms with Gasteiger partial charge in [0.1, 0.15) is 5.69 Å². The number of aromatic nitrogens is 1. The van der Waals surface area contributed by atoms with Crippen molar-refractivity contribution in [1.29, 1.82) is 0 Å². The van der Waals surface area contributed by atoms with E-state index in [0.717, 1.165) is 25.7 Å². The first-order valence-electron chi connectivity index (χ1n) is 9.28. The summed E-state index contributed by atoms with van der Waals surface area (Å²) in [6.07, 6.45) is 5.10. The zero-order chi connectivity index (χ0) is 18.9. The number of pyridine rings is 1. The smallest absolute Gasteiger partial charge is 0.272 e. The van der Waals surface area contributed by atoms with Gasteiger partial charge in [-0.1, -0.05) is 24.3 Å². The summed E-state index contributed by atoms with van der Waals surface area (Å²) in [5, 5.41) is 0. The van der Waals surface area contributed by atoms with Crippen LogP contribution in [0.5, 0.6) is 0 Å². The number of likely N-dealkylation sites (tertiary alicyclic amines) is 1. The summed E-state index contributed by atoms with van der Waals surface area (Å²) in [6.45, 7) is 1.28. The van der Waals surface area contributed by atoms with Crippen molar-refractivity contribution in [2.45, 2.75) is 36.6 Å². The molecule has 1 atom stereocenters. The van der Waals surface area contributed by atoms with E-state index in [1.165, 1.54) is 0 Å². The summed E-state index contributed by atoms with van der Waals surface area (Å²) in [5.74, 6) is -0.0498. The molecule has 0 bridgehead atoms. The van der Waals surface area contributed by atoms with Crippen molar-refractivity contribution >= 4 is 15.9 Å². The van der Waals surface area contributed by atoms with E-state index in [-0.39, 0.29) is 17.4 Å². The quantitative estimate of drug-likeness (QED) is 0.877. The normalized spacial score (nSPS) is 21.6. The minimum Gasteiger partial charge on any atom is -0.337 e. The monoisotopic (exact) mass is 385 g/mol. The van der Waals surface area contributed by atoms with Gasteiger partial charge in [0, 0.05) is 25.3 Å². The Kier molecular flexibility index (Phi) is 4.74. The van der Waals surface area contributed by atoms with Crippen LogP contribution in [0, 0.1) is 5.41 Å². The molecule has 1 aliphatic heterocycles. The van der Waals surface area contributed by atoms with Gasteiger partial charge in [0.25, 0.3) is 5.91 Å². The number of carbonyl (C=O) groups excluding carboxylic acids is 1. The number of amides is 1. The van der Waals surface area contributed by atoms with Gasteiger partial charge in [0.05, 0.1) is 4.90 Å². The first kappa shape index (κ1) is 18.1. The van der Waals surface area contributed by atoms with Crippen molar-refractivity contribution in [2.75, 3.05) is 13.1 Å². The molecule has 4 rings (SSSR count). The fourth-order valence-electron chi connectivity index (χ4n) is 4.14. The minimum atomic E-state index is -3.51. The van der Waals surface area contributed by atoms with Crippen molar-refractivity contribution in [1.82, 2.24) is 14.6 Å². The van der Waals surface area contributed by atoms with Crippen LogP contribution in [0.15, 0.2) is 59.6 Å².